The van der Waals surface area contributed by atoms with Crippen LogP contribution in [-0.4, -0.2) is 35.8 Å². The first-order valence-electron chi connectivity index (χ1n) is 7.63. The first kappa shape index (κ1) is 13.5. The Morgan fingerprint density at radius 1 is 1.23 bits per heavy atom. The van der Waals surface area contributed by atoms with Crippen LogP contribution in [0.25, 0.3) is 11.5 Å². The predicted octanol–water partition coefficient (Wildman–Crippen LogP) is 2.37. The largest absolute Gasteiger partial charge is 0.381 e. The summed E-state index contributed by atoms with van der Waals surface area (Å²) in [6, 6.07) is 7.70. The zero-order valence-electron chi connectivity index (χ0n) is 12.2. The molecule has 0 aliphatic carbocycles. The average molecular weight is 299 g/mol. The van der Waals surface area contributed by atoms with Crippen LogP contribution in [-0.2, 0) is 9.53 Å². The van der Waals surface area contributed by atoms with E-state index in [1.54, 1.807) is 0 Å². The molecule has 1 amide bonds. The highest BCUT2D eigenvalue weighted by molar-refractivity contribution is 5.95. The van der Waals surface area contributed by atoms with E-state index < -0.39 is 0 Å². The summed E-state index contributed by atoms with van der Waals surface area (Å²) in [4.78, 5) is 18.0. The monoisotopic (exact) mass is 299 g/mol. The molecule has 1 aromatic carbocycles. The minimum absolute atomic E-state index is 0.189. The van der Waals surface area contributed by atoms with E-state index in [2.05, 4.69) is 10.1 Å². The minimum atomic E-state index is 0.189. The molecule has 6 nitrogen and oxygen atoms in total. The van der Waals surface area contributed by atoms with E-state index in [0.29, 0.717) is 24.7 Å². The third-order valence-corrected chi connectivity index (χ3v) is 4.24. The van der Waals surface area contributed by atoms with E-state index in [4.69, 9.17) is 9.26 Å². The molecule has 0 N–H and O–H groups in total. The number of carbonyl (C=O) groups is 1. The van der Waals surface area contributed by atoms with Crippen LogP contribution in [0.15, 0.2) is 28.8 Å². The molecule has 0 radical (unpaired) electrons. The molecule has 2 aliphatic heterocycles. The highest BCUT2D eigenvalue weighted by Gasteiger charge is 2.24. The zero-order valence-corrected chi connectivity index (χ0v) is 12.2. The smallest absolute Gasteiger partial charge is 0.257 e. The van der Waals surface area contributed by atoms with Gasteiger partial charge < -0.3 is 14.2 Å². The van der Waals surface area contributed by atoms with E-state index in [1.807, 2.05) is 29.2 Å². The fourth-order valence-corrected chi connectivity index (χ4v) is 2.96. The van der Waals surface area contributed by atoms with Crippen LogP contribution in [0.3, 0.4) is 0 Å². The highest BCUT2D eigenvalue weighted by atomic mass is 16.5. The minimum Gasteiger partial charge on any atom is -0.381 e. The van der Waals surface area contributed by atoms with Crippen molar-refractivity contribution in [3.63, 3.8) is 0 Å². The molecular formula is C16H17N3O3. The first-order valence-corrected chi connectivity index (χ1v) is 7.63. The molecule has 1 aromatic heterocycles. The fraction of sp³-hybridized carbons (Fsp3) is 0.438. The number of nitrogens with zero attached hydrogens (tertiary/aromatic N) is 3. The number of aromatic nitrogens is 2. The van der Waals surface area contributed by atoms with Gasteiger partial charge in [0.25, 0.3) is 5.89 Å². The topological polar surface area (TPSA) is 68.5 Å². The number of ether oxygens (including phenoxy) is 1. The lowest BCUT2D eigenvalue weighted by atomic mass is 10.1. The maximum absolute atomic E-state index is 11.8. The third-order valence-electron chi connectivity index (χ3n) is 4.24. The van der Waals surface area contributed by atoms with Crippen molar-refractivity contribution in [2.45, 2.75) is 25.2 Å². The van der Waals surface area contributed by atoms with Crippen molar-refractivity contribution in [2.75, 3.05) is 24.7 Å². The Hall–Kier alpha value is -2.21. The quantitative estimate of drug-likeness (QED) is 0.870. The van der Waals surface area contributed by atoms with Crippen LogP contribution in [0, 0.1) is 0 Å². The SMILES string of the molecule is O=C1CCCN1c1ccc(-c2nc(C3CCOC3)no2)cc1. The lowest BCUT2D eigenvalue weighted by Gasteiger charge is -2.15. The second-order valence-corrected chi connectivity index (χ2v) is 5.71. The highest BCUT2D eigenvalue weighted by Crippen LogP contribution is 2.28. The number of hydrogen-bond donors (Lipinski definition) is 0. The molecule has 6 heteroatoms. The third kappa shape index (κ3) is 2.39. The van der Waals surface area contributed by atoms with Gasteiger partial charge in [0.15, 0.2) is 5.82 Å². The van der Waals surface area contributed by atoms with E-state index >= 15 is 0 Å². The van der Waals surface area contributed by atoms with E-state index in [-0.39, 0.29) is 11.8 Å². The van der Waals surface area contributed by atoms with Crippen molar-refractivity contribution in [3.8, 4) is 11.5 Å². The van der Waals surface area contributed by atoms with Gasteiger partial charge in [-0.25, -0.2) is 0 Å². The molecule has 2 fully saturated rings. The van der Waals surface area contributed by atoms with E-state index in [9.17, 15) is 4.79 Å². The van der Waals surface area contributed by atoms with Crippen LogP contribution < -0.4 is 4.90 Å². The van der Waals surface area contributed by atoms with Crippen molar-refractivity contribution >= 4 is 11.6 Å². The summed E-state index contributed by atoms with van der Waals surface area (Å²) in [7, 11) is 0. The Morgan fingerprint density at radius 2 is 2.09 bits per heavy atom. The number of hydrogen-bond acceptors (Lipinski definition) is 5. The number of benzene rings is 1. The van der Waals surface area contributed by atoms with Gasteiger partial charge in [0.05, 0.1) is 6.61 Å². The van der Waals surface area contributed by atoms with Gasteiger partial charge in [-0.15, -0.1) is 0 Å². The van der Waals surface area contributed by atoms with E-state index in [1.165, 1.54) is 0 Å². The summed E-state index contributed by atoms with van der Waals surface area (Å²) >= 11 is 0. The van der Waals surface area contributed by atoms with Crippen LogP contribution in [0.4, 0.5) is 5.69 Å². The summed E-state index contributed by atoms with van der Waals surface area (Å²) in [6.45, 7) is 2.21. The van der Waals surface area contributed by atoms with Crippen molar-refractivity contribution < 1.29 is 14.1 Å². The molecule has 0 saturated carbocycles. The van der Waals surface area contributed by atoms with Gasteiger partial charge in [0.2, 0.25) is 5.91 Å². The predicted molar refractivity (Wildman–Crippen MR) is 79.5 cm³/mol. The second kappa shape index (κ2) is 5.53. The lowest BCUT2D eigenvalue weighted by Crippen LogP contribution is -2.23. The average Bonchev–Trinajstić information content (AvgIpc) is 3.28. The Morgan fingerprint density at radius 3 is 2.77 bits per heavy atom. The molecule has 2 aromatic rings. The fourth-order valence-electron chi connectivity index (χ4n) is 2.96. The van der Waals surface area contributed by atoms with Gasteiger partial charge in [-0.3, -0.25) is 4.79 Å². The molecule has 0 bridgehead atoms. The van der Waals surface area contributed by atoms with Crippen LogP contribution in [0.5, 0.6) is 0 Å². The molecule has 22 heavy (non-hydrogen) atoms. The summed E-state index contributed by atoms with van der Waals surface area (Å²) in [5.41, 5.74) is 1.79. The summed E-state index contributed by atoms with van der Waals surface area (Å²) in [5, 5.41) is 4.06. The number of anilines is 1. The standard InChI is InChI=1S/C16H17N3O3/c20-14-2-1-8-19(14)13-5-3-11(4-6-13)16-17-15(18-22-16)12-7-9-21-10-12/h3-6,12H,1-2,7-10H2. The first-order chi connectivity index (χ1) is 10.8. The number of amides is 1. The summed E-state index contributed by atoms with van der Waals surface area (Å²) in [6.07, 6.45) is 2.50. The number of rotatable bonds is 3. The molecular weight excluding hydrogens is 282 g/mol. The molecule has 114 valence electrons. The molecule has 2 saturated heterocycles. The van der Waals surface area contributed by atoms with Gasteiger partial charge >= 0.3 is 0 Å². The van der Waals surface area contributed by atoms with Crippen LogP contribution in [0.1, 0.15) is 31.0 Å². The molecule has 4 rings (SSSR count). The molecule has 2 aliphatic rings. The maximum Gasteiger partial charge on any atom is 0.257 e. The lowest BCUT2D eigenvalue weighted by molar-refractivity contribution is -0.117. The molecule has 1 unspecified atom stereocenters. The Kier molecular flexibility index (Phi) is 3.38. The molecule has 0 spiro atoms. The van der Waals surface area contributed by atoms with Crippen molar-refractivity contribution in [1.29, 1.82) is 0 Å². The van der Waals surface area contributed by atoms with Gasteiger partial charge in [-0.2, -0.15) is 4.98 Å². The Labute approximate surface area is 128 Å². The van der Waals surface area contributed by atoms with Crippen molar-refractivity contribution in [2.24, 2.45) is 0 Å². The van der Waals surface area contributed by atoms with Gasteiger partial charge in [0, 0.05) is 36.7 Å². The summed E-state index contributed by atoms with van der Waals surface area (Å²) in [5.74, 6) is 1.65. The maximum atomic E-state index is 11.8. The van der Waals surface area contributed by atoms with Gasteiger partial charge in [0.1, 0.15) is 0 Å². The van der Waals surface area contributed by atoms with E-state index in [0.717, 1.165) is 37.2 Å². The summed E-state index contributed by atoms with van der Waals surface area (Å²) < 4.78 is 10.7. The molecule has 3 heterocycles. The van der Waals surface area contributed by atoms with Crippen LogP contribution >= 0.6 is 0 Å². The van der Waals surface area contributed by atoms with Crippen LogP contribution in [0.2, 0.25) is 0 Å². The second-order valence-electron chi connectivity index (χ2n) is 5.71. The number of carbonyl (C=O) groups excluding carboxylic acids is 1. The Balaban J connectivity index is 1.54. The normalized spacial score (nSPS) is 21.7. The molecule has 1 atom stereocenters. The Bertz CT molecular complexity index is 674. The van der Waals surface area contributed by atoms with Crippen molar-refractivity contribution in [3.05, 3.63) is 30.1 Å². The van der Waals surface area contributed by atoms with Crippen molar-refractivity contribution in [1.82, 2.24) is 10.1 Å². The van der Waals surface area contributed by atoms with Gasteiger partial charge in [-0.05, 0) is 37.1 Å². The van der Waals surface area contributed by atoms with Gasteiger partial charge in [-0.1, -0.05) is 5.16 Å². The zero-order chi connectivity index (χ0) is 14.9.